The molecule has 26 heavy (non-hydrogen) atoms. The summed E-state index contributed by atoms with van der Waals surface area (Å²) in [5.41, 5.74) is 2.45. The van der Waals surface area contributed by atoms with E-state index in [2.05, 4.69) is 40.4 Å². The molecule has 0 bridgehead atoms. The highest BCUT2D eigenvalue weighted by Crippen LogP contribution is 2.29. The number of carbonyl (C=O) groups is 1. The van der Waals surface area contributed by atoms with Crippen molar-refractivity contribution in [1.82, 2.24) is 14.3 Å². The Morgan fingerprint density at radius 2 is 1.85 bits per heavy atom. The molecule has 2 heterocycles. The van der Waals surface area contributed by atoms with Gasteiger partial charge in [-0.1, -0.05) is 50.0 Å². The Labute approximate surface area is 165 Å². The summed E-state index contributed by atoms with van der Waals surface area (Å²) in [5.74, 6) is -0.321. The van der Waals surface area contributed by atoms with Crippen molar-refractivity contribution >= 4 is 45.6 Å². The zero-order valence-electron chi connectivity index (χ0n) is 14.4. The van der Waals surface area contributed by atoms with Crippen LogP contribution in [0.5, 0.6) is 0 Å². The first-order chi connectivity index (χ1) is 12.2. The number of hydrogen-bond donors (Lipinski definition) is 1. The van der Waals surface area contributed by atoms with Crippen molar-refractivity contribution < 1.29 is 4.79 Å². The molecule has 0 saturated heterocycles. The van der Waals surface area contributed by atoms with Crippen LogP contribution in [-0.2, 0) is 5.41 Å². The Kier molecular flexibility index (Phi) is 5.27. The third-order valence-electron chi connectivity index (χ3n) is 3.63. The molecule has 0 aliphatic rings. The minimum absolute atomic E-state index is 0.0740. The second-order valence-electron chi connectivity index (χ2n) is 6.70. The van der Waals surface area contributed by atoms with Crippen molar-refractivity contribution in [2.24, 2.45) is 0 Å². The van der Waals surface area contributed by atoms with Gasteiger partial charge in [0.2, 0.25) is 0 Å². The van der Waals surface area contributed by atoms with E-state index in [0.717, 1.165) is 11.3 Å². The van der Waals surface area contributed by atoms with Crippen LogP contribution in [0.25, 0.3) is 11.3 Å². The van der Waals surface area contributed by atoms with E-state index in [9.17, 15) is 4.79 Å². The van der Waals surface area contributed by atoms with E-state index in [-0.39, 0.29) is 17.0 Å². The SMILES string of the molecule is CC(C)(C)c1cc(NC(=O)c2cc(-c3ccc(Cl)c(Cl)c3)ncn2)sn1. The van der Waals surface area contributed by atoms with E-state index in [4.69, 9.17) is 23.2 Å². The Morgan fingerprint density at radius 3 is 2.50 bits per heavy atom. The second kappa shape index (κ2) is 7.31. The van der Waals surface area contributed by atoms with Crippen LogP contribution in [-0.4, -0.2) is 20.2 Å². The molecule has 0 radical (unpaired) electrons. The van der Waals surface area contributed by atoms with Gasteiger partial charge in [-0.05, 0) is 35.8 Å². The zero-order valence-corrected chi connectivity index (χ0v) is 16.7. The van der Waals surface area contributed by atoms with Crippen LogP contribution in [0, 0.1) is 0 Å². The molecular weight excluding hydrogens is 391 g/mol. The number of aromatic nitrogens is 3. The topological polar surface area (TPSA) is 67.8 Å². The molecule has 0 aliphatic carbocycles. The number of nitrogens with zero attached hydrogens (tertiary/aromatic N) is 3. The highest BCUT2D eigenvalue weighted by molar-refractivity contribution is 7.10. The largest absolute Gasteiger partial charge is 0.311 e. The molecule has 0 fully saturated rings. The molecule has 8 heteroatoms. The number of carbonyl (C=O) groups excluding carboxylic acids is 1. The smallest absolute Gasteiger partial charge is 0.275 e. The zero-order chi connectivity index (χ0) is 18.9. The van der Waals surface area contributed by atoms with Crippen LogP contribution >= 0.6 is 34.7 Å². The molecule has 2 aromatic heterocycles. The fourth-order valence-electron chi connectivity index (χ4n) is 2.16. The molecule has 0 saturated carbocycles. The molecule has 1 aromatic carbocycles. The standard InChI is InChI=1S/C18H16Cl2N4OS/c1-18(2,3)15-8-16(26-24-15)23-17(25)14-7-13(21-9-22-14)10-4-5-11(19)12(20)6-10/h4-9H,1-3H3,(H,23,25). The number of hydrogen-bond acceptors (Lipinski definition) is 5. The van der Waals surface area contributed by atoms with Crippen molar-refractivity contribution in [2.45, 2.75) is 26.2 Å². The minimum Gasteiger partial charge on any atom is -0.311 e. The van der Waals surface area contributed by atoms with E-state index in [1.165, 1.54) is 17.9 Å². The summed E-state index contributed by atoms with van der Waals surface area (Å²) in [6.45, 7) is 6.21. The Hall–Kier alpha value is -2.02. The third kappa shape index (κ3) is 4.20. The van der Waals surface area contributed by atoms with E-state index < -0.39 is 0 Å². The van der Waals surface area contributed by atoms with Gasteiger partial charge < -0.3 is 5.32 Å². The van der Waals surface area contributed by atoms with Crippen molar-refractivity contribution in [3.63, 3.8) is 0 Å². The average molecular weight is 407 g/mol. The number of amides is 1. The second-order valence-corrected chi connectivity index (χ2v) is 8.32. The average Bonchev–Trinajstić information content (AvgIpc) is 3.06. The molecule has 0 unspecified atom stereocenters. The molecule has 1 amide bonds. The molecule has 3 rings (SSSR count). The van der Waals surface area contributed by atoms with Crippen molar-refractivity contribution in [1.29, 1.82) is 0 Å². The van der Waals surface area contributed by atoms with Crippen LogP contribution < -0.4 is 5.32 Å². The fraction of sp³-hybridized carbons (Fsp3) is 0.222. The lowest BCUT2D eigenvalue weighted by Gasteiger charge is -2.13. The van der Waals surface area contributed by atoms with E-state index in [1.54, 1.807) is 24.3 Å². The van der Waals surface area contributed by atoms with Crippen LogP contribution in [0.1, 0.15) is 37.0 Å². The number of anilines is 1. The molecule has 0 atom stereocenters. The van der Waals surface area contributed by atoms with Crippen LogP contribution in [0.3, 0.4) is 0 Å². The molecule has 1 N–H and O–H groups in total. The fourth-order valence-corrected chi connectivity index (χ4v) is 3.28. The number of rotatable bonds is 3. The van der Waals surface area contributed by atoms with Crippen molar-refractivity contribution in [2.75, 3.05) is 5.32 Å². The summed E-state index contributed by atoms with van der Waals surface area (Å²) in [4.78, 5) is 20.8. The lowest BCUT2D eigenvalue weighted by molar-refractivity contribution is 0.102. The summed E-state index contributed by atoms with van der Waals surface area (Å²) in [5, 5.41) is 4.39. The van der Waals surface area contributed by atoms with Gasteiger partial charge in [-0.15, -0.1) is 0 Å². The first-order valence-electron chi connectivity index (χ1n) is 7.80. The summed E-state index contributed by atoms with van der Waals surface area (Å²) < 4.78 is 4.38. The van der Waals surface area contributed by atoms with Crippen LogP contribution in [0.15, 0.2) is 36.7 Å². The van der Waals surface area contributed by atoms with Gasteiger partial charge in [-0.3, -0.25) is 4.79 Å². The maximum Gasteiger partial charge on any atom is 0.275 e. The van der Waals surface area contributed by atoms with Gasteiger partial charge in [0.1, 0.15) is 17.0 Å². The monoisotopic (exact) mass is 406 g/mol. The van der Waals surface area contributed by atoms with E-state index in [0.29, 0.717) is 20.7 Å². The normalized spacial score (nSPS) is 11.4. The molecule has 3 aromatic rings. The Balaban J connectivity index is 1.82. The number of halogens is 2. The number of benzene rings is 1. The van der Waals surface area contributed by atoms with Gasteiger partial charge >= 0.3 is 0 Å². The Bertz CT molecular complexity index is 966. The van der Waals surface area contributed by atoms with Crippen LogP contribution in [0.4, 0.5) is 5.00 Å². The maximum atomic E-state index is 12.5. The first kappa shape index (κ1) is 18.8. The lowest BCUT2D eigenvalue weighted by Crippen LogP contribution is -2.14. The van der Waals surface area contributed by atoms with Gasteiger partial charge in [0, 0.05) is 11.0 Å². The lowest BCUT2D eigenvalue weighted by atomic mass is 9.92. The van der Waals surface area contributed by atoms with Crippen molar-refractivity contribution in [3.05, 3.63) is 58.1 Å². The highest BCUT2D eigenvalue weighted by atomic mass is 35.5. The van der Waals surface area contributed by atoms with Gasteiger partial charge in [0.05, 0.1) is 21.4 Å². The predicted octanol–water partition coefficient (Wildman–Crippen LogP) is 5.46. The van der Waals surface area contributed by atoms with Crippen molar-refractivity contribution in [3.8, 4) is 11.3 Å². The molecule has 0 spiro atoms. The number of nitrogens with one attached hydrogen (secondary N) is 1. The minimum atomic E-state index is -0.321. The Morgan fingerprint density at radius 1 is 1.08 bits per heavy atom. The van der Waals surface area contributed by atoms with E-state index >= 15 is 0 Å². The summed E-state index contributed by atoms with van der Waals surface area (Å²) >= 11 is 13.2. The molecule has 134 valence electrons. The van der Waals surface area contributed by atoms with Gasteiger partial charge in [-0.25, -0.2) is 9.97 Å². The van der Waals surface area contributed by atoms with Gasteiger partial charge in [0.25, 0.3) is 5.91 Å². The van der Waals surface area contributed by atoms with Crippen LogP contribution in [0.2, 0.25) is 10.0 Å². The summed E-state index contributed by atoms with van der Waals surface area (Å²) in [6, 6.07) is 8.67. The van der Waals surface area contributed by atoms with Gasteiger partial charge in [0.15, 0.2) is 0 Å². The quantitative estimate of drug-likeness (QED) is 0.626. The third-order valence-corrected chi connectivity index (χ3v) is 5.07. The van der Waals surface area contributed by atoms with E-state index in [1.807, 2.05) is 6.07 Å². The first-order valence-corrected chi connectivity index (χ1v) is 9.33. The predicted molar refractivity (Wildman–Crippen MR) is 106 cm³/mol. The molecular formula is C18H16Cl2N4OS. The molecule has 0 aliphatic heterocycles. The molecule has 5 nitrogen and oxygen atoms in total. The highest BCUT2D eigenvalue weighted by Gasteiger charge is 2.19. The summed E-state index contributed by atoms with van der Waals surface area (Å²) in [6.07, 6.45) is 1.35. The summed E-state index contributed by atoms with van der Waals surface area (Å²) in [7, 11) is 0. The maximum absolute atomic E-state index is 12.5. The van der Waals surface area contributed by atoms with Gasteiger partial charge in [-0.2, -0.15) is 4.37 Å².